The molecule has 0 bridgehead atoms. The lowest BCUT2D eigenvalue weighted by Gasteiger charge is -2.42. The van der Waals surface area contributed by atoms with Gasteiger partial charge in [-0.3, -0.25) is 0 Å². The molecule has 0 saturated carbocycles. The Kier molecular flexibility index (Phi) is 4.64. The third-order valence-electron chi connectivity index (χ3n) is 4.14. The van der Waals surface area contributed by atoms with E-state index in [9.17, 15) is 0 Å². The highest BCUT2D eigenvalue weighted by Crippen LogP contribution is 2.41. The van der Waals surface area contributed by atoms with Gasteiger partial charge in [0.05, 0.1) is 0 Å². The monoisotopic (exact) mass is 211 g/mol. The standard InChI is InChI=1S/C14H29N/c1-5-6-7-8-10-14(13(2,3)4)11-9-12-15-14/h15H,5-12H2,1-4H3. The number of nitrogens with one attached hydrogen (secondary N) is 1. The van der Waals surface area contributed by atoms with Gasteiger partial charge in [-0.2, -0.15) is 0 Å². The van der Waals surface area contributed by atoms with Crippen molar-refractivity contribution >= 4 is 0 Å². The Morgan fingerprint density at radius 1 is 1.13 bits per heavy atom. The molecule has 1 rings (SSSR count). The lowest BCUT2D eigenvalue weighted by molar-refractivity contribution is 0.144. The Morgan fingerprint density at radius 3 is 2.33 bits per heavy atom. The van der Waals surface area contributed by atoms with Crippen LogP contribution in [0.1, 0.15) is 72.6 Å². The average Bonchev–Trinajstić information content (AvgIpc) is 2.61. The van der Waals surface area contributed by atoms with Crippen LogP contribution in [-0.2, 0) is 0 Å². The smallest absolute Gasteiger partial charge is 0.0230 e. The van der Waals surface area contributed by atoms with Crippen molar-refractivity contribution in [3.05, 3.63) is 0 Å². The zero-order chi connectivity index (χ0) is 11.4. The van der Waals surface area contributed by atoms with E-state index in [0.717, 1.165) is 0 Å². The zero-order valence-corrected chi connectivity index (χ0v) is 11.2. The fraction of sp³-hybridized carbons (Fsp3) is 1.00. The molecular formula is C14H29N. The summed E-state index contributed by atoms with van der Waals surface area (Å²) in [5.41, 5.74) is 0.844. The normalized spacial score (nSPS) is 27.2. The predicted molar refractivity (Wildman–Crippen MR) is 68.2 cm³/mol. The van der Waals surface area contributed by atoms with Gasteiger partial charge in [0.15, 0.2) is 0 Å². The van der Waals surface area contributed by atoms with Crippen molar-refractivity contribution in [1.82, 2.24) is 5.32 Å². The van der Waals surface area contributed by atoms with Crippen molar-refractivity contribution in [3.8, 4) is 0 Å². The van der Waals surface area contributed by atoms with Gasteiger partial charge in [0, 0.05) is 5.54 Å². The lowest BCUT2D eigenvalue weighted by atomic mass is 9.70. The highest BCUT2D eigenvalue weighted by molar-refractivity contribution is 5.01. The summed E-state index contributed by atoms with van der Waals surface area (Å²) in [5, 5.41) is 3.79. The first-order valence-corrected chi connectivity index (χ1v) is 6.77. The van der Waals surface area contributed by atoms with E-state index in [4.69, 9.17) is 0 Å². The topological polar surface area (TPSA) is 12.0 Å². The molecule has 1 atom stereocenters. The van der Waals surface area contributed by atoms with E-state index in [0.29, 0.717) is 11.0 Å². The Morgan fingerprint density at radius 2 is 1.87 bits per heavy atom. The molecule has 1 nitrogen and oxygen atoms in total. The quantitative estimate of drug-likeness (QED) is 0.674. The fourth-order valence-corrected chi connectivity index (χ4v) is 2.89. The van der Waals surface area contributed by atoms with Gasteiger partial charge in [0.2, 0.25) is 0 Å². The van der Waals surface area contributed by atoms with Crippen LogP contribution in [0.3, 0.4) is 0 Å². The second kappa shape index (κ2) is 5.34. The molecule has 0 aromatic heterocycles. The molecule has 0 aromatic rings. The molecule has 0 aliphatic carbocycles. The molecule has 0 spiro atoms. The van der Waals surface area contributed by atoms with E-state index in [1.807, 2.05) is 0 Å². The van der Waals surface area contributed by atoms with Crippen LogP contribution < -0.4 is 5.32 Å². The molecule has 1 unspecified atom stereocenters. The molecule has 1 aliphatic heterocycles. The SMILES string of the molecule is CCCCCCC1(C(C)(C)C)CCCN1. The third kappa shape index (κ3) is 3.21. The molecule has 1 fully saturated rings. The molecule has 15 heavy (non-hydrogen) atoms. The van der Waals surface area contributed by atoms with Crippen LogP contribution in [0.25, 0.3) is 0 Å². The fourth-order valence-electron chi connectivity index (χ4n) is 2.89. The first-order chi connectivity index (χ1) is 7.02. The maximum absolute atomic E-state index is 3.79. The molecule has 0 radical (unpaired) electrons. The van der Waals surface area contributed by atoms with Crippen LogP contribution in [0.2, 0.25) is 0 Å². The van der Waals surface area contributed by atoms with Gasteiger partial charge in [-0.1, -0.05) is 53.4 Å². The lowest BCUT2D eigenvalue weighted by Crippen LogP contribution is -2.50. The van der Waals surface area contributed by atoms with E-state index in [1.165, 1.54) is 51.5 Å². The van der Waals surface area contributed by atoms with E-state index in [-0.39, 0.29) is 0 Å². The summed E-state index contributed by atoms with van der Waals surface area (Å²) in [6.45, 7) is 10.7. The van der Waals surface area contributed by atoms with Crippen molar-refractivity contribution in [2.45, 2.75) is 78.2 Å². The van der Waals surface area contributed by atoms with Gasteiger partial charge < -0.3 is 5.32 Å². The minimum absolute atomic E-state index is 0.412. The van der Waals surface area contributed by atoms with E-state index >= 15 is 0 Å². The third-order valence-corrected chi connectivity index (χ3v) is 4.14. The second-order valence-corrected chi connectivity index (χ2v) is 6.17. The number of unbranched alkanes of at least 4 members (excludes halogenated alkanes) is 3. The predicted octanol–water partition coefficient (Wildman–Crippen LogP) is 4.13. The summed E-state index contributed by atoms with van der Waals surface area (Å²) in [6.07, 6.45) is 9.68. The van der Waals surface area contributed by atoms with Gasteiger partial charge in [-0.05, 0) is 31.2 Å². The van der Waals surface area contributed by atoms with Gasteiger partial charge in [0.1, 0.15) is 0 Å². The van der Waals surface area contributed by atoms with Crippen LogP contribution in [0, 0.1) is 5.41 Å². The Hall–Kier alpha value is -0.0400. The van der Waals surface area contributed by atoms with Crippen molar-refractivity contribution in [2.24, 2.45) is 5.41 Å². The molecular weight excluding hydrogens is 182 g/mol. The minimum Gasteiger partial charge on any atom is -0.311 e. The zero-order valence-electron chi connectivity index (χ0n) is 11.2. The highest BCUT2D eigenvalue weighted by Gasteiger charge is 2.42. The van der Waals surface area contributed by atoms with E-state index in [1.54, 1.807) is 0 Å². The average molecular weight is 211 g/mol. The van der Waals surface area contributed by atoms with Crippen molar-refractivity contribution < 1.29 is 0 Å². The largest absolute Gasteiger partial charge is 0.311 e. The van der Waals surface area contributed by atoms with Crippen LogP contribution in [0.15, 0.2) is 0 Å². The first kappa shape index (κ1) is 13.0. The molecule has 90 valence electrons. The van der Waals surface area contributed by atoms with Gasteiger partial charge in [0.25, 0.3) is 0 Å². The molecule has 1 saturated heterocycles. The number of rotatable bonds is 5. The van der Waals surface area contributed by atoms with Gasteiger partial charge in [-0.25, -0.2) is 0 Å². The first-order valence-electron chi connectivity index (χ1n) is 6.77. The Labute approximate surface area is 96.0 Å². The summed E-state index contributed by atoms with van der Waals surface area (Å²) in [7, 11) is 0. The van der Waals surface area contributed by atoms with E-state index < -0.39 is 0 Å². The number of hydrogen-bond donors (Lipinski definition) is 1. The second-order valence-electron chi connectivity index (χ2n) is 6.17. The summed E-state index contributed by atoms with van der Waals surface area (Å²) in [6, 6.07) is 0. The summed E-state index contributed by atoms with van der Waals surface area (Å²) in [4.78, 5) is 0. The molecule has 1 aliphatic rings. The number of hydrogen-bond acceptors (Lipinski definition) is 1. The van der Waals surface area contributed by atoms with Crippen LogP contribution in [0.4, 0.5) is 0 Å². The van der Waals surface area contributed by atoms with E-state index in [2.05, 4.69) is 33.0 Å². The molecule has 1 heteroatoms. The van der Waals surface area contributed by atoms with Crippen molar-refractivity contribution in [2.75, 3.05) is 6.54 Å². The van der Waals surface area contributed by atoms with Gasteiger partial charge in [-0.15, -0.1) is 0 Å². The maximum Gasteiger partial charge on any atom is 0.0230 e. The summed E-state index contributed by atoms with van der Waals surface area (Å²) in [5.74, 6) is 0. The Bertz CT molecular complexity index is 172. The maximum atomic E-state index is 3.79. The van der Waals surface area contributed by atoms with Crippen molar-refractivity contribution in [1.29, 1.82) is 0 Å². The summed E-state index contributed by atoms with van der Waals surface area (Å²) < 4.78 is 0. The molecule has 0 amide bonds. The molecule has 1 heterocycles. The summed E-state index contributed by atoms with van der Waals surface area (Å²) >= 11 is 0. The van der Waals surface area contributed by atoms with Gasteiger partial charge >= 0.3 is 0 Å². The molecule has 0 aromatic carbocycles. The van der Waals surface area contributed by atoms with Crippen LogP contribution >= 0.6 is 0 Å². The van der Waals surface area contributed by atoms with Crippen LogP contribution in [0.5, 0.6) is 0 Å². The highest BCUT2D eigenvalue weighted by atomic mass is 15.0. The Balaban J connectivity index is 2.44. The van der Waals surface area contributed by atoms with Crippen molar-refractivity contribution in [3.63, 3.8) is 0 Å². The van der Waals surface area contributed by atoms with Crippen LogP contribution in [-0.4, -0.2) is 12.1 Å². The molecule has 1 N–H and O–H groups in total. The minimum atomic E-state index is 0.412.